The summed E-state index contributed by atoms with van der Waals surface area (Å²) in [4.78, 5) is 0. The lowest BCUT2D eigenvalue weighted by Crippen LogP contribution is -2.14. The Labute approximate surface area is 79.2 Å². The lowest BCUT2D eigenvalue weighted by Gasteiger charge is -2.09. The van der Waals surface area contributed by atoms with Crippen molar-refractivity contribution in [3.8, 4) is 0 Å². The van der Waals surface area contributed by atoms with E-state index in [1.807, 2.05) is 6.08 Å². The molecule has 1 aliphatic rings. The largest absolute Gasteiger partial charge is 0.303 e. The van der Waals surface area contributed by atoms with Crippen molar-refractivity contribution in [1.29, 1.82) is 0 Å². The molecular formula is C10H8F3N. The zero-order valence-corrected chi connectivity index (χ0v) is 7.23. The van der Waals surface area contributed by atoms with Gasteiger partial charge in [0.2, 0.25) is 0 Å². The van der Waals surface area contributed by atoms with Gasteiger partial charge in [-0.05, 0) is 17.7 Å². The van der Waals surface area contributed by atoms with E-state index in [1.54, 1.807) is 6.08 Å². The number of halogens is 3. The summed E-state index contributed by atoms with van der Waals surface area (Å²) in [5.41, 5.74) is 0.398. The van der Waals surface area contributed by atoms with Crippen molar-refractivity contribution >= 4 is 0 Å². The van der Waals surface area contributed by atoms with Crippen molar-refractivity contribution in [3.05, 3.63) is 47.3 Å². The second kappa shape index (κ2) is 3.46. The molecule has 1 nitrogen and oxygen atoms in total. The first kappa shape index (κ1) is 9.27. The predicted octanol–water partition coefficient (Wildman–Crippen LogP) is 2.30. The van der Waals surface area contributed by atoms with Gasteiger partial charge in [0, 0.05) is 6.54 Å². The van der Waals surface area contributed by atoms with Crippen LogP contribution in [0.1, 0.15) is 11.6 Å². The fourth-order valence-electron chi connectivity index (χ4n) is 1.45. The summed E-state index contributed by atoms with van der Waals surface area (Å²) in [6, 6.07) is 1.79. The van der Waals surface area contributed by atoms with Gasteiger partial charge in [-0.3, -0.25) is 0 Å². The van der Waals surface area contributed by atoms with Crippen LogP contribution in [-0.4, -0.2) is 6.54 Å². The van der Waals surface area contributed by atoms with E-state index in [9.17, 15) is 13.2 Å². The highest BCUT2D eigenvalue weighted by Gasteiger charge is 2.16. The first-order valence-corrected chi connectivity index (χ1v) is 4.23. The first-order valence-electron chi connectivity index (χ1n) is 4.23. The van der Waals surface area contributed by atoms with Gasteiger partial charge in [0.1, 0.15) is 0 Å². The van der Waals surface area contributed by atoms with Crippen LogP contribution in [0.4, 0.5) is 13.2 Å². The maximum absolute atomic E-state index is 12.8. The highest BCUT2D eigenvalue weighted by molar-refractivity contribution is 5.27. The van der Waals surface area contributed by atoms with Crippen LogP contribution in [0.5, 0.6) is 0 Å². The van der Waals surface area contributed by atoms with Crippen LogP contribution in [0.3, 0.4) is 0 Å². The lowest BCUT2D eigenvalue weighted by molar-refractivity contribution is 0.443. The predicted molar refractivity (Wildman–Crippen MR) is 46.2 cm³/mol. The molecule has 4 heteroatoms. The summed E-state index contributed by atoms with van der Waals surface area (Å²) in [7, 11) is 0. The van der Waals surface area contributed by atoms with Crippen LogP contribution >= 0.6 is 0 Å². The SMILES string of the molecule is Fc1cc(C2C=CCN2)cc(F)c1F. The normalized spacial score (nSPS) is 20.4. The molecule has 0 radical (unpaired) electrons. The lowest BCUT2D eigenvalue weighted by atomic mass is 10.1. The summed E-state index contributed by atoms with van der Waals surface area (Å²) in [6.07, 6.45) is 3.63. The zero-order valence-electron chi connectivity index (χ0n) is 7.23. The molecule has 2 rings (SSSR count). The van der Waals surface area contributed by atoms with Gasteiger partial charge in [0.15, 0.2) is 17.5 Å². The van der Waals surface area contributed by atoms with Crippen LogP contribution in [-0.2, 0) is 0 Å². The average molecular weight is 199 g/mol. The summed E-state index contributed by atoms with van der Waals surface area (Å²) in [5.74, 6) is -3.72. The number of hydrogen-bond acceptors (Lipinski definition) is 1. The summed E-state index contributed by atoms with van der Waals surface area (Å²) in [5, 5.41) is 2.98. The minimum atomic E-state index is -1.42. The molecule has 14 heavy (non-hydrogen) atoms. The molecule has 74 valence electrons. The van der Waals surface area contributed by atoms with Crippen molar-refractivity contribution in [2.24, 2.45) is 0 Å². The van der Waals surface area contributed by atoms with Gasteiger partial charge in [-0.25, -0.2) is 13.2 Å². The molecule has 0 bridgehead atoms. The van der Waals surface area contributed by atoms with E-state index >= 15 is 0 Å². The molecule has 0 fully saturated rings. The van der Waals surface area contributed by atoms with Gasteiger partial charge in [0.05, 0.1) is 6.04 Å². The molecule has 1 unspecified atom stereocenters. The molecule has 0 amide bonds. The van der Waals surface area contributed by atoms with Gasteiger partial charge in [-0.15, -0.1) is 0 Å². The van der Waals surface area contributed by atoms with Gasteiger partial charge in [-0.2, -0.15) is 0 Å². The van der Waals surface area contributed by atoms with E-state index in [1.165, 1.54) is 0 Å². The van der Waals surface area contributed by atoms with E-state index in [2.05, 4.69) is 5.32 Å². The molecule has 0 aromatic heterocycles. The van der Waals surface area contributed by atoms with Crippen LogP contribution in [0.2, 0.25) is 0 Å². The van der Waals surface area contributed by atoms with Gasteiger partial charge >= 0.3 is 0 Å². The molecule has 0 saturated heterocycles. The summed E-state index contributed by atoms with van der Waals surface area (Å²) in [6.45, 7) is 0.658. The Morgan fingerprint density at radius 1 is 1.14 bits per heavy atom. The Morgan fingerprint density at radius 2 is 1.79 bits per heavy atom. The van der Waals surface area contributed by atoms with Crippen LogP contribution in [0.25, 0.3) is 0 Å². The number of rotatable bonds is 1. The standard InChI is InChI=1S/C10H8F3N/c11-7-4-6(5-8(12)10(7)13)9-2-1-3-14-9/h1-2,4-5,9,14H,3H2. The molecule has 0 saturated carbocycles. The molecule has 0 spiro atoms. The van der Waals surface area contributed by atoms with Crippen LogP contribution < -0.4 is 5.32 Å². The third-order valence-electron chi connectivity index (χ3n) is 2.15. The third kappa shape index (κ3) is 1.53. The molecule has 1 aromatic carbocycles. The highest BCUT2D eigenvalue weighted by Crippen LogP contribution is 2.21. The smallest absolute Gasteiger partial charge is 0.194 e. The van der Waals surface area contributed by atoms with Crippen molar-refractivity contribution in [1.82, 2.24) is 5.32 Å². The fraction of sp³-hybridized carbons (Fsp3) is 0.200. The Balaban J connectivity index is 2.39. The Morgan fingerprint density at radius 3 is 2.29 bits per heavy atom. The zero-order chi connectivity index (χ0) is 10.1. The van der Waals surface area contributed by atoms with E-state index in [0.717, 1.165) is 12.1 Å². The van der Waals surface area contributed by atoms with E-state index in [4.69, 9.17) is 0 Å². The fourth-order valence-corrected chi connectivity index (χ4v) is 1.45. The quantitative estimate of drug-likeness (QED) is 0.540. The average Bonchev–Trinajstić information content (AvgIpc) is 2.66. The van der Waals surface area contributed by atoms with Crippen molar-refractivity contribution < 1.29 is 13.2 Å². The number of hydrogen-bond donors (Lipinski definition) is 1. The second-order valence-electron chi connectivity index (χ2n) is 3.11. The Bertz CT molecular complexity index is 364. The van der Waals surface area contributed by atoms with Crippen LogP contribution in [0.15, 0.2) is 24.3 Å². The van der Waals surface area contributed by atoms with Gasteiger partial charge < -0.3 is 5.32 Å². The number of benzene rings is 1. The molecule has 1 aromatic rings. The van der Waals surface area contributed by atoms with Crippen molar-refractivity contribution in [3.63, 3.8) is 0 Å². The maximum Gasteiger partial charge on any atom is 0.194 e. The maximum atomic E-state index is 12.8. The van der Waals surface area contributed by atoms with E-state index in [0.29, 0.717) is 12.1 Å². The minimum absolute atomic E-state index is 0.223. The third-order valence-corrected chi connectivity index (χ3v) is 2.15. The molecule has 1 N–H and O–H groups in total. The minimum Gasteiger partial charge on any atom is -0.303 e. The summed E-state index contributed by atoms with van der Waals surface area (Å²) >= 11 is 0. The molecule has 1 atom stereocenters. The second-order valence-corrected chi connectivity index (χ2v) is 3.11. The van der Waals surface area contributed by atoms with Gasteiger partial charge in [0.25, 0.3) is 0 Å². The monoisotopic (exact) mass is 199 g/mol. The van der Waals surface area contributed by atoms with E-state index in [-0.39, 0.29) is 6.04 Å². The van der Waals surface area contributed by atoms with Crippen molar-refractivity contribution in [2.75, 3.05) is 6.54 Å². The molecular weight excluding hydrogens is 191 g/mol. The molecule has 1 heterocycles. The Hall–Kier alpha value is -1.29. The summed E-state index contributed by atoms with van der Waals surface area (Å²) < 4.78 is 38.3. The van der Waals surface area contributed by atoms with E-state index < -0.39 is 17.5 Å². The number of nitrogens with one attached hydrogen (secondary N) is 1. The topological polar surface area (TPSA) is 12.0 Å². The highest BCUT2D eigenvalue weighted by atomic mass is 19.2. The van der Waals surface area contributed by atoms with Crippen molar-refractivity contribution in [2.45, 2.75) is 6.04 Å². The first-order chi connectivity index (χ1) is 6.68. The molecule has 1 aliphatic heterocycles. The van der Waals surface area contributed by atoms with Gasteiger partial charge in [-0.1, -0.05) is 12.2 Å². The molecule has 0 aliphatic carbocycles. The Kier molecular flexibility index (Phi) is 2.29. The van der Waals surface area contributed by atoms with Crippen LogP contribution in [0, 0.1) is 17.5 Å².